The van der Waals surface area contributed by atoms with Gasteiger partial charge in [0.15, 0.2) is 0 Å². The van der Waals surface area contributed by atoms with Gasteiger partial charge in [0.05, 0.1) is 23.9 Å². The third-order valence-electron chi connectivity index (χ3n) is 2.21. The summed E-state index contributed by atoms with van der Waals surface area (Å²) in [6, 6.07) is 4.51. The number of hydrogen-bond acceptors (Lipinski definition) is 3. The first-order valence-electron chi connectivity index (χ1n) is 4.98. The molecular weight excluding hydrogens is 228 g/mol. The van der Waals surface area contributed by atoms with Crippen LogP contribution in [-0.2, 0) is 4.79 Å². The maximum absolute atomic E-state index is 11.6. The van der Waals surface area contributed by atoms with Crippen LogP contribution in [0.3, 0.4) is 0 Å². The van der Waals surface area contributed by atoms with Gasteiger partial charge >= 0.3 is 0 Å². The van der Waals surface area contributed by atoms with Crippen LogP contribution in [0.15, 0.2) is 18.2 Å². The minimum Gasteiger partial charge on any atom is -0.497 e. The summed E-state index contributed by atoms with van der Waals surface area (Å²) in [6.45, 7) is 1.84. The van der Waals surface area contributed by atoms with Gasteiger partial charge in [-0.3, -0.25) is 4.79 Å². The van der Waals surface area contributed by atoms with E-state index in [1.54, 1.807) is 25.3 Å². The predicted octanol–water partition coefficient (Wildman–Crippen LogP) is 2.02. The van der Waals surface area contributed by atoms with Crippen LogP contribution >= 0.6 is 11.6 Å². The van der Waals surface area contributed by atoms with Gasteiger partial charge in [0, 0.05) is 6.07 Å². The fourth-order valence-electron chi connectivity index (χ4n) is 1.14. The number of ether oxygens (including phenoxy) is 1. The largest absolute Gasteiger partial charge is 0.497 e. The highest BCUT2D eigenvalue weighted by atomic mass is 35.5. The van der Waals surface area contributed by atoms with Crippen LogP contribution in [0.4, 0.5) is 5.69 Å². The average Bonchev–Trinajstić information content (AvgIpc) is 2.30. The van der Waals surface area contributed by atoms with E-state index in [-0.39, 0.29) is 5.91 Å². The minimum atomic E-state index is -0.526. The fourth-order valence-corrected chi connectivity index (χ4v) is 1.30. The summed E-state index contributed by atoms with van der Waals surface area (Å²) < 4.78 is 5.04. The van der Waals surface area contributed by atoms with Crippen LogP contribution in [0.25, 0.3) is 0 Å². The Labute approximate surface area is 99.7 Å². The second kappa shape index (κ2) is 5.72. The van der Waals surface area contributed by atoms with Gasteiger partial charge in [0.1, 0.15) is 5.75 Å². The number of benzene rings is 1. The Morgan fingerprint density at radius 1 is 1.62 bits per heavy atom. The molecule has 0 fully saturated rings. The van der Waals surface area contributed by atoms with Crippen molar-refractivity contribution in [1.29, 1.82) is 0 Å². The predicted molar refractivity (Wildman–Crippen MR) is 64.9 cm³/mol. The number of anilines is 1. The molecule has 16 heavy (non-hydrogen) atoms. The van der Waals surface area contributed by atoms with E-state index in [0.29, 0.717) is 22.9 Å². The second-order valence-electron chi connectivity index (χ2n) is 3.35. The molecule has 0 aliphatic heterocycles. The molecule has 1 aromatic rings. The SMILES string of the molecule is CCC(N)C(=O)Nc1cc(OC)ccc1Cl. The van der Waals surface area contributed by atoms with Crippen molar-refractivity contribution >= 4 is 23.2 Å². The van der Waals surface area contributed by atoms with Gasteiger partial charge < -0.3 is 15.8 Å². The molecule has 1 atom stereocenters. The maximum atomic E-state index is 11.6. The molecular formula is C11H15ClN2O2. The van der Waals surface area contributed by atoms with E-state index in [4.69, 9.17) is 22.1 Å². The molecule has 0 aromatic heterocycles. The summed E-state index contributed by atoms with van der Waals surface area (Å²) in [5.41, 5.74) is 6.11. The number of amides is 1. The topological polar surface area (TPSA) is 64.4 Å². The van der Waals surface area contributed by atoms with E-state index in [2.05, 4.69) is 5.32 Å². The molecule has 1 aromatic carbocycles. The number of carbonyl (C=O) groups is 1. The normalized spacial score (nSPS) is 12.0. The van der Waals surface area contributed by atoms with Gasteiger partial charge in [-0.2, -0.15) is 0 Å². The summed E-state index contributed by atoms with van der Waals surface area (Å²) in [6.07, 6.45) is 0.577. The molecule has 1 rings (SSSR count). The van der Waals surface area contributed by atoms with Gasteiger partial charge in [-0.1, -0.05) is 18.5 Å². The number of nitrogens with two attached hydrogens (primary N) is 1. The molecule has 0 saturated carbocycles. The number of methoxy groups -OCH3 is 1. The molecule has 0 aliphatic rings. The third kappa shape index (κ3) is 3.12. The molecule has 0 saturated heterocycles. The molecule has 0 bridgehead atoms. The van der Waals surface area contributed by atoms with Crippen LogP contribution < -0.4 is 15.8 Å². The number of carbonyl (C=O) groups excluding carboxylic acids is 1. The van der Waals surface area contributed by atoms with Crippen LogP contribution in [0.2, 0.25) is 5.02 Å². The molecule has 4 nitrogen and oxygen atoms in total. The summed E-state index contributed by atoms with van der Waals surface area (Å²) in [7, 11) is 1.55. The number of rotatable bonds is 4. The van der Waals surface area contributed by atoms with Crippen LogP contribution in [-0.4, -0.2) is 19.1 Å². The fraction of sp³-hybridized carbons (Fsp3) is 0.364. The van der Waals surface area contributed by atoms with Crippen molar-refractivity contribution in [2.75, 3.05) is 12.4 Å². The summed E-state index contributed by atoms with van der Waals surface area (Å²) in [4.78, 5) is 11.6. The lowest BCUT2D eigenvalue weighted by Crippen LogP contribution is -2.34. The zero-order chi connectivity index (χ0) is 12.1. The first-order chi connectivity index (χ1) is 7.58. The van der Waals surface area contributed by atoms with E-state index in [0.717, 1.165) is 0 Å². The number of nitrogens with one attached hydrogen (secondary N) is 1. The Morgan fingerprint density at radius 3 is 2.88 bits per heavy atom. The Balaban J connectivity index is 2.83. The van der Waals surface area contributed by atoms with E-state index in [1.165, 1.54) is 0 Å². The van der Waals surface area contributed by atoms with Gasteiger partial charge in [0.2, 0.25) is 5.91 Å². The first-order valence-corrected chi connectivity index (χ1v) is 5.36. The van der Waals surface area contributed by atoms with E-state index >= 15 is 0 Å². The smallest absolute Gasteiger partial charge is 0.241 e. The highest BCUT2D eigenvalue weighted by Crippen LogP contribution is 2.26. The van der Waals surface area contributed by atoms with Crippen molar-refractivity contribution in [2.45, 2.75) is 19.4 Å². The molecule has 5 heteroatoms. The highest BCUT2D eigenvalue weighted by Gasteiger charge is 2.13. The van der Waals surface area contributed by atoms with Crippen molar-refractivity contribution in [1.82, 2.24) is 0 Å². The summed E-state index contributed by atoms with van der Waals surface area (Å²) in [5, 5.41) is 3.12. The molecule has 1 amide bonds. The van der Waals surface area contributed by atoms with Crippen LogP contribution in [0.5, 0.6) is 5.75 Å². The van der Waals surface area contributed by atoms with Gasteiger partial charge in [-0.05, 0) is 18.6 Å². The van der Waals surface area contributed by atoms with Crippen LogP contribution in [0.1, 0.15) is 13.3 Å². The van der Waals surface area contributed by atoms with Crippen LogP contribution in [0, 0.1) is 0 Å². The number of hydrogen-bond donors (Lipinski definition) is 2. The molecule has 0 heterocycles. The van der Waals surface area contributed by atoms with Gasteiger partial charge in [-0.15, -0.1) is 0 Å². The lowest BCUT2D eigenvalue weighted by Gasteiger charge is -2.12. The summed E-state index contributed by atoms with van der Waals surface area (Å²) in [5.74, 6) is 0.377. The third-order valence-corrected chi connectivity index (χ3v) is 2.54. The molecule has 3 N–H and O–H groups in total. The molecule has 0 radical (unpaired) electrons. The average molecular weight is 243 g/mol. The zero-order valence-electron chi connectivity index (χ0n) is 9.29. The van der Waals surface area contributed by atoms with Gasteiger partial charge in [-0.25, -0.2) is 0 Å². The van der Waals surface area contributed by atoms with E-state index < -0.39 is 6.04 Å². The maximum Gasteiger partial charge on any atom is 0.241 e. The Hall–Kier alpha value is -1.26. The van der Waals surface area contributed by atoms with Crippen molar-refractivity contribution < 1.29 is 9.53 Å². The van der Waals surface area contributed by atoms with E-state index in [1.807, 2.05) is 6.92 Å². The zero-order valence-corrected chi connectivity index (χ0v) is 10.0. The van der Waals surface area contributed by atoms with Crippen molar-refractivity contribution in [3.8, 4) is 5.75 Å². The Morgan fingerprint density at radius 2 is 2.31 bits per heavy atom. The van der Waals surface area contributed by atoms with Crippen molar-refractivity contribution in [3.05, 3.63) is 23.2 Å². The Kier molecular flexibility index (Phi) is 4.58. The quantitative estimate of drug-likeness (QED) is 0.849. The standard InChI is InChI=1S/C11H15ClN2O2/c1-3-9(13)11(15)14-10-6-7(16-2)4-5-8(10)12/h4-6,9H,3,13H2,1-2H3,(H,14,15). The lowest BCUT2D eigenvalue weighted by atomic mass is 10.2. The lowest BCUT2D eigenvalue weighted by molar-refractivity contribution is -0.117. The van der Waals surface area contributed by atoms with Gasteiger partial charge in [0.25, 0.3) is 0 Å². The minimum absolute atomic E-state index is 0.252. The Bertz CT molecular complexity index is 382. The molecule has 0 aliphatic carbocycles. The van der Waals surface area contributed by atoms with Crippen molar-refractivity contribution in [3.63, 3.8) is 0 Å². The summed E-state index contributed by atoms with van der Waals surface area (Å²) >= 11 is 5.93. The first kappa shape index (κ1) is 12.8. The molecule has 0 spiro atoms. The second-order valence-corrected chi connectivity index (χ2v) is 3.76. The molecule has 88 valence electrons. The highest BCUT2D eigenvalue weighted by molar-refractivity contribution is 6.33. The van der Waals surface area contributed by atoms with E-state index in [9.17, 15) is 4.79 Å². The number of halogens is 1. The van der Waals surface area contributed by atoms with Crippen molar-refractivity contribution in [2.24, 2.45) is 5.73 Å². The monoisotopic (exact) mass is 242 g/mol. The molecule has 1 unspecified atom stereocenters.